The summed E-state index contributed by atoms with van der Waals surface area (Å²) in [6.07, 6.45) is 9.95. The molecule has 0 aliphatic carbocycles. The van der Waals surface area contributed by atoms with Gasteiger partial charge in [0.05, 0.1) is 17.4 Å². The molecular weight excluding hydrogens is 246 g/mol. The van der Waals surface area contributed by atoms with Gasteiger partial charge in [0.1, 0.15) is 0 Å². The summed E-state index contributed by atoms with van der Waals surface area (Å²) in [5.41, 5.74) is 2.32. The molecule has 0 spiro atoms. The van der Waals surface area contributed by atoms with Gasteiger partial charge in [0.25, 0.3) is 0 Å². The number of para-hydroxylation sites is 2. The van der Waals surface area contributed by atoms with Crippen molar-refractivity contribution in [2.24, 2.45) is 0 Å². The SMILES string of the molecule is CCCCCCCC(Cn1cnc2ccccc21)NC. The number of likely N-dealkylation sites (N-methyl/N-ethyl adjacent to an activating group) is 1. The molecule has 1 aromatic heterocycles. The molecule has 0 aliphatic heterocycles. The lowest BCUT2D eigenvalue weighted by molar-refractivity contribution is 0.435. The van der Waals surface area contributed by atoms with Crippen LogP contribution in [0, 0.1) is 0 Å². The summed E-state index contributed by atoms with van der Waals surface area (Å²) >= 11 is 0. The Kier molecular flexibility index (Phi) is 6.06. The lowest BCUT2D eigenvalue weighted by Gasteiger charge is -2.17. The van der Waals surface area contributed by atoms with Gasteiger partial charge in [-0.25, -0.2) is 4.98 Å². The second-order valence-corrected chi connectivity index (χ2v) is 5.57. The Balaban J connectivity index is 1.86. The van der Waals surface area contributed by atoms with Gasteiger partial charge in [-0.15, -0.1) is 0 Å². The molecule has 20 heavy (non-hydrogen) atoms. The number of nitrogens with one attached hydrogen (secondary N) is 1. The van der Waals surface area contributed by atoms with Gasteiger partial charge in [0.15, 0.2) is 0 Å². The van der Waals surface area contributed by atoms with Crippen LogP contribution in [0.1, 0.15) is 45.4 Å². The van der Waals surface area contributed by atoms with Crippen LogP contribution in [-0.4, -0.2) is 22.6 Å². The second kappa shape index (κ2) is 8.05. The highest BCUT2D eigenvalue weighted by molar-refractivity contribution is 5.74. The third kappa shape index (κ3) is 4.07. The molecule has 0 bridgehead atoms. The fourth-order valence-corrected chi connectivity index (χ4v) is 2.71. The van der Waals surface area contributed by atoms with Crippen molar-refractivity contribution >= 4 is 11.0 Å². The Labute approximate surface area is 122 Å². The van der Waals surface area contributed by atoms with Crippen molar-refractivity contribution < 1.29 is 0 Å². The van der Waals surface area contributed by atoms with Gasteiger partial charge >= 0.3 is 0 Å². The van der Waals surface area contributed by atoms with Gasteiger partial charge < -0.3 is 9.88 Å². The summed E-state index contributed by atoms with van der Waals surface area (Å²) in [5.74, 6) is 0. The minimum Gasteiger partial charge on any atom is -0.329 e. The smallest absolute Gasteiger partial charge is 0.0958 e. The number of benzene rings is 1. The number of rotatable bonds is 9. The molecule has 110 valence electrons. The van der Waals surface area contributed by atoms with Crippen LogP contribution in [-0.2, 0) is 6.54 Å². The molecule has 0 fully saturated rings. The summed E-state index contributed by atoms with van der Waals surface area (Å²) in [7, 11) is 2.07. The highest BCUT2D eigenvalue weighted by Gasteiger charge is 2.09. The van der Waals surface area contributed by atoms with E-state index in [9.17, 15) is 0 Å². The number of aromatic nitrogens is 2. The molecule has 0 amide bonds. The molecule has 0 aliphatic rings. The molecule has 2 rings (SSSR count). The first-order valence-electron chi connectivity index (χ1n) is 7.92. The van der Waals surface area contributed by atoms with E-state index in [1.807, 2.05) is 12.4 Å². The van der Waals surface area contributed by atoms with Crippen molar-refractivity contribution in [3.63, 3.8) is 0 Å². The molecule has 1 heterocycles. The Morgan fingerprint density at radius 3 is 2.75 bits per heavy atom. The summed E-state index contributed by atoms with van der Waals surface area (Å²) in [6, 6.07) is 8.89. The zero-order valence-electron chi connectivity index (χ0n) is 12.8. The van der Waals surface area contributed by atoms with Gasteiger partial charge in [0, 0.05) is 12.6 Å². The Morgan fingerprint density at radius 2 is 1.95 bits per heavy atom. The number of unbranched alkanes of at least 4 members (excludes halogenated alkanes) is 4. The molecule has 3 nitrogen and oxygen atoms in total. The molecule has 0 saturated carbocycles. The maximum atomic E-state index is 4.46. The molecule has 2 aromatic rings. The molecule has 1 aromatic carbocycles. The van der Waals surface area contributed by atoms with Crippen LogP contribution in [0.3, 0.4) is 0 Å². The average molecular weight is 273 g/mol. The van der Waals surface area contributed by atoms with Gasteiger partial charge in [-0.2, -0.15) is 0 Å². The number of fused-ring (bicyclic) bond motifs is 1. The van der Waals surface area contributed by atoms with Crippen molar-refractivity contribution in [3.05, 3.63) is 30.6 Å². The van der Waals surface area contributed by atoms with E-state index in [2.05, 4.69) is 47.0 Å². The molecule has 1 N–H and O–H groups in total. The van der Waals surface area contributed by atoms with E-state index in [1.54, 1.807) is 0 Å². The van der Waals surface area contributed by atoms with Crippen molar-refractivity contribution in [2.45, 2.75) is 58.0 Å². The van der Waals surface area contributed by atoms with Gasteiger partial charge in [-0.1, -0.05) is 51.2 Å². The van der Waals surface area contributed by atoms with E-state index >= 15 is 0 Å². The van der Waals surface area contributed by atoms with E-state index in [1.165, 1.54) is 44.0 Å². The van der Waals surface area contributed by atoms with Gasteiger partial charge in [-0.3, -0.25) is 0 Å². The van der Waals surface area contributed by atoms with Crippen molar-refractivity contribution in [1.82, 2.24) is 14.9 Å². The Morgan fingerprint density at radius 1 is 1.15 bits per heavy atom. The minimum atomic E-state index is 0.536. The number of hydrogen-bond donors (Lipinski definition) is 1. The first-order valence-corrected chi connectivity index (χ1v) is 7.92. The van der Waals surface area contributed by atoms with E-state index in [4.69, 9.17) is 0 Å². The van der Waals surface area contributed by atoms with E-state index in [0.29, 0.717) is 6.04 Å². The Bertz CT molecular complexity index is 504. The van der Waals surface area contributed by atoms with Crippen LogP contribution in [0.2, 0.25) is 0 Å². The maximum Gasteiger partial charge on any atom is 0.0958 e. The van der Waals surface area contributed by atoms with Crippen LogP contribution >= 0.6 is 0 Å². The lowest BCUT2D eigenvalue weighted by Crippen LogP contribution is -2.29. The molecule has 1 atom stereocenters. The topological polar surface area (TPSA) is 29.9 Å². The first-order chi connectivity index (χ1) is 9.85. The summed E-state index contributed by atoms with van der Waals surface area (Å²) in [6.45, 7) is 3.27. The van der Waals surface area contributed by atoms with E-state index < -0.39 is 0 Å². The standard InChI is InChI=1S/C17H27N3/c1-3-4-5-6-7-10-15(18-2)13-20-14-19-16-11-8-9-12-17(16)20/h8-9,11-12,14-15,18H,3-7,10,13H2,1-2H3. The van der Waals surface area contributed by atoms with Crippen LogP contribution in [0.4, 0.5) is 0 Å². The Hall–Kier alpha value is -1.35. The minimum absolute atomic E-state index is 0.536. The molecule has 0 radical (unpaired) electrons. The van der Waals surface area contributed by atoms with Crippen molar-refractivity contribution in [2.75, 3.05) is 7.05 Å². The largest absolute Gasteiger partial charge is 0.329 e. The fourth-order valence-electron chi connectivity index (χ4n) is 2.71. The van der Waals surface area contributed by atoms with Crippen LogP contribution in [0.15, 0.2) is 30.6 Å². The number of imidazole rings is 1. The van der Waals surface area contributed by atoms with Crippen molar-refractivity contribution in [3.8, 4) is 0 Å². The summed E-state index contributed by atoms with van der Waals surface area (Å²) in [5, 5.41) is 3.45. The number of nitrogens with zero attached hydrogens (tertiary/aromatic N) is 2. The highest BCUT2D eigenvalue weighted by Crippen LogP contribution is 2.14. The third-order valence-electron chi connectivity index (χ3n) is 4.01. The average Bonchev–Trinajstić information content (AvgIpc) is 2.89. The highest BCUT2D eigenvalue weighted by atomic mass is 15.1. The third-order valence-corrected chi connectivity index (χ3v) is 4.01. The zero-order chi connectivity index (χ0) is 14.2. The predicted octanol–water partition coefficient (Wildman–Crippen LogP) is 3.98. The van der Waals surface area contributed by atoms with Crippen LogP contribution in [0.5, 0.6) is 0 Å². The van der Waals surface area contributed by atoms with Crippen molar-refractivity contribution in [1.29, 1.82) is 0 Å². The quantitative estimate of drug-likeness (QED) is 0.700. The molecule has 0 saturated heterocycles. The van der Waals surface area contributed by atoms with Crippen LogP contribution in [0.25, 0.3) is 11.0 Å². The van der Waals surface area contributed by atoms with Gasteiger partial charge in [0.2, 0.25) is 0 Å². The molecule has 3 heteroatoms. The normalized spacial score (nSPS) is 12.9. The van der Waals surface area contributed by atoms with Crippen LogP contribution < -0.4 is 5.32 Å². The fraction of sp³-hybridized carbons (Fsp3) is 0.588. The monoisotopic (exact) mass is 273 g/mol. The predicted molar refractivity (Wildman–Crippen MR) is 86.0 cm³/mol. The summed E-state index contributed by atoms with van der Waals surface area (Å²) in [4.78, 5) is 4.46. The maximum absolute atomic E-state index is 4.46. The summed E-state index contributed by atoms with van der Waals surface area (Å²) < 4.78 is 2.27. The van der Waals surface area contributed by atoms with E-state index in [-0.39, 0.29) is 0 Å². The zero-order valence-corrected chi connectivity index (χ0v) is 12.8. The second-order valence-electron chi connectivity index (χ2n) is 5.57. The number of hydrogen-bond acceptors (Lipinski definition) is 2. The first kappa shape index (κ1) is 15.0. The van der Waals surface area contributed by atoms with E-state index in [0.717, 1.165) is 12.1 Å². The molecular formula is C17H27N3. The van der Waals surface area contributed by atoms with Gasteiger partial charge in [-0.05, 0) is 25.6 Å². The lowest BCUT2D eigenvalue weighted by atomic mass is 10.1. The molecule has 1 unspecified atom stereocenters.